The number of carbonyl (C=O) groups is 1. The molecule has 6 nitrogen and oxygen atoms in total. The number of ketones is 1. The lowest BCUT2D eigenvalue weighted by Crippen LogP contribution is -3.08. The largest absolute Gasteiger partial charge is 0.872 e. The van der Waals surface area contributed by atoms with E-state index in [1.54, 1.807) is 51.5 Å². The maximum Gasteiger partial charge on any atom is 0.232 e. The van der Waals surface area contributed by atoms with Gasteiger partial charge < -0.3 is 24.2 Å². The number of fused-ring (bicyclic) bond motifs is 1. The number of carbonyl (C=O) groups excluding carboxylic acids is 1. The van der Waals surface area contributed by atoms with Crippen LogP contribution in [0.5, 0.6) is 23.0 Å². The molecule has 152 valence electrons. The summed E-state index contributed by atoms with van der Waals surface area (Å²) in [7, 11) is 3.15. The summed E-state index contributed by atoms with van der Waals surface area (Å²) < 4.78 is 16.7. The smallest absolute Gasteiger partial charge is 0.232 e. The summed E-state index contributed by atoms with van der Waals surface area (Å²) in [6, 6.07) is 6.91. The molecule has 0 amide bonds. The Morgan fingerprint density at radius 1 is 1.17 bits per heavy atom. The minimum Gasteiger partial charge on any atom is -0.872 e. The highest BCUT2D eigenvalue weighted by Gasteiger charge is 2.33. The third kappa shape index (κ3) is 3.56. The van der Waals surface area contributed by atoms with Crippen LogP contribution in [0, 0.1) is 6.92 Å². The fourth-order valence-electron chi connectivity index (χ4n) is 4.13. The molecule has 0 unspecified atom stereocenters. The normalized spacial score (nSPS) is 17.5. The van der Waals surface area contributed by atoms with Gasteiger partial charge in [-0.1, -0.05) is 11.8 Å². The van der Waals surface area contributed by atoms with E-state index in [4.69, 9.17) is 14.2 Å². The Morgan fingerprint density at radius 3 is 2.62 bits per heavy atom. The first-order valence-electron chi connectivity index (χ1n) is 9.85. The number of methoxy groups -OCH3 is 2. The molecule has 0 aromatic heterocycles. The highest BCUT2D eigenvalue weighted by molar-refractivity contribution is 6.16. The van der Waals surface area contributed by atoms with Crippen molar-refractivity contribution in [3.63, 3.8) is 0 Å². The molecule has 0 aliphatic carbocycles. The Kier molecular flexibility index (Phi) is 5.20. The first-order chi connectivity index (χ1) is 14.0. The fraction of sp³-hybridized carbons (Fsp3) is 0.348. The Labute approximate surface area is 170 Å². The zero-order valence-electron chi connectivity index (χ0n) is 17.0. The number of quaternary nitrogens is 1. The molecule has 29 heavy (non-hydrogen) atoms. The molecule has 1 N–H and O–H groups in total. The molecule has 0 atom stereocenters. The molecular formula is C23H25NO5. The third-order valence-electron chi connectivity index (χ3n) is 5.66. The lowest BCUT2D eigenvalue weighted by atomic mass is 9.99. The Balaban J connectivity index is 1.75. The lowest BCUT2D eigenvalue weighted by molar-refractivity contribution is -0.901. The van der Waals surface area contributed by atoms with Crippen LogP contribution < -0.4 is 24.2 Å². The summed E-state index contributed by atoms with van der Waals surface area (Å²) in [5.74, 6) is 1.60. The van der Waals surface area contributed by atoms with Crippen LogP contribution in [-0.2, 0) is 6.54 Å². The van der Waals surface area contributed by atoms with Crippen LogP contribution in [0.2, 0.25) is 0 Å². The second-order valence-corrected chi connectivity index (χ2v) is 7.56. The van der Waals surface area contributed by atoms with Crippen LogP contribution in [0.15, 0.2) is 30.0 Å². The molecule has 0 radical (unpaired) electrons. The highest BCUT2D eigenvalue weighted by atomic mass is 16.5. The van der Waals surface area contributed by atoms with Crippen molar-refractivity contribution < 1.29 is 29.0 Å². The second-order valence-electron chi connectivity index (χ2n) is 7.56. The van der Waals surface area contributed by atoms with Crippen molar-refractivity contribution in [2.24, 2.45) is 0 Å². The van der Waals surface area contributed by atoms with Gasteiger partial charge in [0.1, 0.15) is 23.8 Å². The Bertz CT molecular complexity index is 989. The van der Waals surface area contributed by atoms with Crippen molar-refractivity contribution in [3.05, 3.63) is 52.3 Å². The molecule has 1 saturated heterocycles. The first kappa shape index (κ1) is 19.3. The minimum atomic E-state index is -0.208. The van der Waals surface area contributed by atoms with Gasteiger partial charge in [0, 0.05) is 24.0 Å². The highest BCUT2D eigenvalue weighted by Crippen LogP contribution is 2.41. The van der Waals surface area contributed by atoms with Gasteiger partial charge in [-0.25, -0.2) is 0 Å². The summed E-state index contributed by atoms with van der Waals surface area (Å²) in [6.45, 7) is 4.45. The molecule has 2 aromatic rings. The molecule has 1 fully saturated rings. The molecule has 2 aliphatic heterocycles. The minimum absolute atomic E-state index is 0.0614. The lowest BCUT2D eigenvalue weighted by Gasteiger charge is -2.20. The van der Waals surface area contributed by atoms with Gasteiger partial charge in [0.15, 0.2) is 5.76 Å². The predicted molar refractivity (Wildman–Crippen MR) is 107 cm³/mol. The molecule has 0 bridgehead atoms. The number of hydrogen-bond acceptors (Lipinski definition) is 5. The van der Waals surface area contributed by atoms with E-state index in [9.17, 15) is 9.90 Å². The van der Waals surface area contributed by atoms with Gasteiger partial charge in [-0.3, -0.25) is 4.79 Å². The number of benzene rings is 2. The Hall–Kier alpha value is -2.99. The number of likely N-dealkylation sites (tertiary alicyclic amines) is 1. The molecule has 2 aromatic carbocycles. The van der Waals surface area contributed by atoms with Crippen LogP contribution in [0.4, 0.5) is 0 Å². The van der Waals surface area contributed by atoms with Crippen LogP contribution >= 0.6 is 0 Å². The van der Waals surface area contributed by atoms with Crippen LogP contribution in [0.25, 0.3) is 6.08 Å². The van der Waals surface area contributed by atoms with Crippen LogP contribution in [0.1, 0.15) is 39.9 Å². The van der Waals surface area contributed by atoms with Gasteiger partial charge in [-0.05, 0) is 36.8 Å². The topological polar surface area (TPSA) is 72.3 Å². The summed E-state index contributed by atoms with van der Waals surface area (Å²) in [5, 5.41) is 12.7. The van der Waals surface area contributed by atoms with Gasteiger partial charge in [0.25, 0.3) is 0 Å². The van der Waals surface area contributed by atoms with E-state index in [2.05, 4.69) is 0 Å². The van der Waals surface area contributed by atoms with Gasteiger partial charge >= 0.3 is 0 Å². The zero-order chi connectivity index (χ0) is 20.5. The van der Waals surface area contributed by atoms with E-state index in [-0.39, 0.29) is 17.3 Å². The maximum atomic E-state index is 13.1. The van der Waals surface area contributed by atoms with E-state index in [0.29, 0.717) is 46.0 Å². The number of nitrogens with one attached hydrogen (secondary N) is 1. The second kappa shape index (κ2) is 7.79. The Morgan fingerprint density at radius 2 is 1.93 bits per heavy atom. The molecular weight excluding hydrogens is 370 g/mol. The predicted octanol–water partition coefficient (Wildman–Crippen LogP) is 1.88. The van der Waals surface area contributed by atoms with Crippen molar-refractivity contribution >= 4 is 11.9 Å². The van der Waals surface area contributed by atoms with Gasteiger partial charge in [0.2, 0.25) is 5.78 Å². The van der Waals surface area contributed by atoms with Crippen molar-refractivity contribution in [1.82, 2.24) is 0 Å². The molecule has 0 spiro atoms. The molecule has 4 rings (SSSR count). The summed E-state index contributed by atoms with van der Waals surface area (Å²) in [4.78, 5) is 14.5. The quantitative estimate of drug-likeness (QED) is 0.783. The van der Waals surface area contributed by atoms with Gasteiger partial charge in [0.05, 0.1) is 32.9 Å². The zero-order valence-corrected chi connectivity index (χ0v) is 17.0. The van der Waals surface area contributed by atoms with Gasteiger partial charge in [-0.2, -0.15) is 0 Å². The van der Waals surface area contributed by atoms with E-state index in [1.807, 2.05) is 0 Å². The van der Waals surface area contributed by atoms with Crippen LogP contribution in [0.3, 0.4) is 0 Å². The van der Waals surface area contributed by atoms with Crippen molar-refractivity contribution in [3.8, 4) is 23.0 Å². The number of Topliss-reactive ketones (excluding diaryl/α,β-unsaturated/α-hetero) is 1. The molecule has 2 aliphatic rings. The maximum absolute atomic E-state index is 13.1. The standard InChI is InChI=1S/C23H25NO5/c1-14-10-18(25)17(13-24-8-4-5-9-24)23-21(14)22(26)20(29-23)12-15-11-16(27-2)6-7-19(15)28-3/h6-7,10-12,25H,4-5,8-9,13H2,1-3H3. The first-order valence-corrected chi connectivity index (χ1v) is 9.85. The third-order valence-corrected chi connectivity index (χ3v) is 5.66. The van der Waals surface area contributed by atoms with Crippen molar-refractivity contribution in [2.45, 2.75) is 26.3 Å². The average Bonchev–Trinajstić information content (AvgIpc) is 3.33. The summed E-state index contributed by atoms with van der Waals surface area (Å²) in [5.41, 5.74) is 2.41. The van der Waals surface area contributed by atoms with E-state index in [1.165, 1.54) is 4.90 Å². The number of allylic oxidation sites excluding steroid dienone is 1. The van der Waals surface area contributed by atoms with Gasteiger partial charge in [-0.15, -0.1) is 0 Å². The molecule has 2 heterocycles. The van der Waals surface area contributed by atoms with Crippen LogP contribution in [-0.4, -0.2) is 33.1 Å². The van der Waals surface area contributed by atoms with Crippen molar-refractivity contribution in [2.75, 3.05) is 27.3 Å². The van der Waals surface area contributed by atoms with E-state index < -0.39 is 0 Å². The number of hydrogen-bond donors (Lipinski definition) is 1. The fourth-order valence-corrected chi connectivity index (χ4v) is 4.13. The average molecular weight is 395 g/mol. The summed E-state index contributed by atoms with van der Waals surface area (Å²) in [6.07, 6.45) is 3.98. The number of ether oxygens (including phenoxy) is 3. The molecule has 6 heteroatoms. The molecule has 0 saturated carbocycles. The number of rotatable bonds is 5. The van der Waals surface area contributed by atoms with Crippen molar-refractivity contribution in [1.29, 1.82) is 0 Å². The monoisotopic (exact) mass is 395 g/mol. The van der Waals surface area contributed by atoms with E-state index >= 15 is 0 Å². The SMILES string of the molecule is COc1ccc(OC)c(C=C2Oc3c(C[NH+]4CCCC4)c([O-])cc(C)c3C2=O)c1. The number of aryl methyl sites for hydroxylation is 1. The van der Waals surface area contributed by atoms with E-state index in [0.717, 1.165) is 25.9 Å². The summed E-state index contributed by atoms with van der Waals surface area (Å²) >= 11 is 0.